The summed E-state index contributed by atoms with van der Waals surface area (Å²) < 4.78 is 23.5. The van der Waals surface area contributed by atoms with E-state index in [2.05, 4.69) is 5.32 Å². The Bertz CT molecular complexity index is 711. The van der Waals surface area contributed by atoms with Crippen LogP contribution in [0.15, 0.2) is 18.2 Å². The summed E-state index contributed by atoms with van der Waals surface area (Å²) in [5.74, 6) is -0.308. The van der Waals surface area contributed by atoms with Crippen molar-refractivity contribution in [2.45, 2.75) is 24.0 Å². The second kappa shape index (κ2) is 5.51. The van der Waals surface area contributed by atoms with E-state index >= 15 is 0 Å². The molecule has 0 spiro atoms. The summed E-state index contributed by atoms with van der Waals surface area (Å²) in [4.78, 5) is 14.7. The third-order valence-electron chi connectivity index (χ3n) is 4.73. The second-order valence-corrected chi connectivity index (χ2v) is 8.69. The first-order chi connectivity index (χ1) is 10.4. The molecule has 3 rings (SSSR count). The van der Waals surface area contributed by atoms with E-state index in [9.17, 15) is 13.2 Å². The summed E-state index contributed by atoms with van der Waals surface area (Å²) in [6.45, 7) is 1.56. The Labute approximate surface area is 135 Å². The topological polar surface area (TPSA) is 66.5 Å². The third-order valence-corrected chi connectivity index (χ3v) is 7.08. The van der Waals surface area contributed by atoms with Gasteiger partial charge >= 0.3 is 0 Å². The normalized spacial score (nSPS) is 20.7. The van der Waals surface area contributed by atoms with Crippen LogP contribution < -0.4 is 10.2 Å². The Morgan fingerprint density at radius 3 is 2.64 bits per heavy atom. The monoisotopic (exact) mass is 342 g/mol. The van der Waals surface area contributed by atoms with Crippen molar-refractivity contribution in [2.24, 2.45) is 0 Å². The molecule has 1 fully saturated rings. The number of fused-ring (bicyclic) bond motifs is 1. The maximum atomic E-state index is 13.1. The van der Waals surface area contributed by atoms with Crippen LogP contribution in [0, 0.1) is 0 Å². The molecule has 1 amide bonds. The number of hydrogen-bond acceptors (Lipinski definition) is 4. The summed E-state index contributed by atoms with van der Waals surface area (Å²) >= 11 is 6.18. The second-order valence-electron chi connectivity index (χ2n) is 5.96. The van der Waals surface area contributed by atoms with Gasteiger partial charge in [-0.1, -0.05) is 17.7 Å². The third kappa shape index (κ3) is 2.33. The number of piperidine rings is 1. The van der Waals surface area contributed by atoms with E-state index in [-0.39, 0.29) is 5.91 Å². The molecule has 5 nitrogen and oxygen atoms in total. The fourth-order valence-corrected chi connectivity index (χ4v) is 5.06. The maximum Gasteiger partial charge on any atom is 0.248 e. The molecule has 1 N–H and O–H groups in total. The largest absolute Gasteiger partial charge is 0.317 e. The molecule has 0 aliphatic carbocycles. The molecule has 0 bridgehead atoms. The first-order valence-corrected chi connectivity index (χ1v) is 9.63. The van der Waals surface area contributed by atoms with Crippen molar-refractivity contribution in [2.75, 3.05) is 30.8 Å². The predicted molar refractivity (Wildman–Crippen MR) is 87.2 cm³/mol. The van der Waals surface area contributed by atoms with Crippen LogP contribution in [0.1, 0.15) is 18.4 Å². The van der Waals surface area contributed by atoms with Crippen LogP contribution in [0.2, 0.25) is 5.02 Å². The van der Waals surface area contributed by atoms with Crippen LogP contribution in [0.5, 0.6) is 0 Å². The fraction of sp³-hybridized carbons (Fsp3) is 0.533. The Hall–Kier alpha value is -1.11. The molecular formula is C15H19ClN2O3S. The van der Waals surface area contributed by atoms with E-state index in [0.717, 1.165) is 11.3 Å². The summed E-state index contributed by atoms with van der Waals surface area (Å²) in [5, 5.41) is 3.76. The molecule has 0 saturated carbocycles. The zero-order valence-corrected chi connectivity index (χ0v) is 14.0. The number of nitrogens with one attached hydrogen (secondary N) is 1. The molecule has 0 aromatic heterocycles. The Morgan fingerprint density at radius 1 is 1.32 bits per heavy atom. The molecule has 7 heteroatoms. The zero-order chi connectivity index (χ0) is 16.0. The smallest absolute Gasteiger partial charge is 0.248 e. The minimum atomic E-state index is -3.50. The van der Waals surface area contributed by atoms with Crippen molar-refractivity contribution in [3.8, 4) is 0 Å². The molecule has 22 heavy (non-hydrogen) atoms. The summed E-state index contributed by atoms with van der Waals surface area (Å²) in [6.07, 6.45) is 2.47. The van der Waals surface area contributed by atoms with Gasteiger partial charge in [-0.15, -0.1) is 0 Å². The molecule has 0 unspecified atom stereocenters. The van der Waals surface area contributed by atoms with Gasteiger partial charge in [-0.2, -0.15) is 0 Å². The predicted octanol–water partition coefficient (Wildman–Crippen LogP) is 1.40. The zero-order valence-electron chi connectivity index (χ0n) is 12.4. The van der Waals surface area contributed by atoms with Gasteiger partial charge in [-0.25, -0.2) is 8.42 Å². The van der Waals surface area contributed by atoms with Crippen LogP contribution >= 0.6 is 11.6 Å². The lowest BCUT2D eigenvalue weighted by Gasteiger charge is -2.37. The highest BCUT2D eigenvalue weighted by atomic mass is 35.5. The van der Waals surface area contributed by atoms with Crippen molar-refractivity contribution in [3.63, 3.8) is 0 Å². The lowest BCUT2D eigenvalue weighted by atomic mass is 9.95. The summed E-state index contributed by atoms with van der Waals surface area (Å²) in [5.41, 5.74) is 1.68. The first-order valence-electron chi connectivity index (χ1n) is 7.36. The molecule has 2 aliphatic heterocycles. The van der Waals surface area contributed by atoms with E-state index in [0.29, 0.717) is 43.9 Å². The van der Waals surface area contributed by atoms with Crippen molar-refractivity contribution in [1.82, 2.24) is 5.32 Å². The van der Waals surface area contributed by atoms with Crippen molar-refractivity contribution in [3.05, 3.63) is 28.8 Å². The molecule has 1 aromatic rings. The number of hydrogen-bond donors (Lipinski definition) is 1. The van der Waals surface area contributed by atoms with E-state index < -0.39 is 14.6 Å². The van der Waals surface area contributed by atoms with Crippen molar-refractivity contribution < 1.29 is 13.2 Å². The van der Waals surface area contributed by atoms with Gasteiger partial charge < -0.3 is 10.2 Å². The Morgan fingerprint density at radius 2 is 2.00 bits per heavy atom. The van der Waals surface area contributed by atoms with Gasteiger partial charge in [0.1, 0.15) is 0 Å². The highest BCUT2D eigenvalue weighted by Gasteiger charge is 2.51. The number of sulfone groups is 1. The van der Waals surface area contributed by atoms with E-state index in [4.69, 9.17) is 11.6 Å². The van der Waals surface area contributed by atoms with Gasteiger partial charge in [0.05, 0.1) is 0 Å². The molecule has 0 radical (unpaired) electrons. The molecule has 0 atom stereocenters. The van der Waals surface area contributed by atoms with Crippen LogP contribution in [0.4, 0.5) is 5.69 Å². The van der Waals surface area contributed by atoms with Crippen LogP contribution in [-0.2, 0) is 21.1 Å². The molecule has 1 saturated heterocycles. The SMILES string of the molecule is CS(=O)(=O)C1(C(=O)N2CCc3c(Cl)cccc32)CCNCC1. The average Bonchev–Trinajstić information content (AvgIpc) is 2.91. The number of nitrogens with zero attached hydrogens (tertiary/aromatic N) is 1. The molecule has 120 valence electrons. The number of carbonyl (C=O) groups is 1. The van der Waals surface area contributed by atoms with Gasteiger partial charge in [0.15, 0.2) is 14.6 Å². The lowest BCUT2D eigenvalue weighted by Crippen LogP contribution is -2.58. The summed E-state index contributed by atoms with van der Waals surface area (Å²) in [7, 11) is -3.50. The van der Waals surface area contributed by atoms with Crippen molar-refractivity contribution >= 4 is 33.0 Å². The highest BCUT2D eigenvalue weighted by Crippen LogP contribution is 2.38. The van der Waals surface area contributed by atoms with Crippen LogP contribution in [0.25, 0.3) is 0 Å². The lowest BCUT2D eigenvalue weighted by molar-refractivity contribution is -0.121. The number of amides is 1. The molecule has 1 aromatic carbocycles. The summed E-state index contributed by atoms with van der Waals surface area (Å²) in [6, 6.07) is 5.43. The number of halogens is 1. The number of benzene rings is 1. The highest BCUT2D eigenvalue weighted by molar-refractivity contribution is 7.92. The standard InChI is InChI=1S/C15H19ClN2O3S/c1-22(20,21)15(6-8-17-9-7-15)14(19)18-10-5-11-12(16)3-2-4-13(11)18/h2-4,17H,5-10H2,1H3. The van der Waals surface area contributed by atoms with E-state index in [1.807, 2.05) is 6.07 Å². The Balaban J connectivity index is 2.02. The van der Waals surface area contributed by atoms with Crippen LogP contribution in [0.3, 0.4) is 0 Å². The minimum absolute atomic E-state index is 0.308. The van der Waals surface area contributed by atoms with Gasteiger partial charge in [-0.05, 0) is 50.0 Å². The Kier molecular flexibility index (Phi) is 3.95. The van der Waals surface area contributed by atoms with E-state index in [1.165, 1.54) is 6.26 Å². The minimum Gasteiger partial charge on any atom is -0.317 e. The van der Waals surface area contributed by atoms with Gasteiger partial charge in [0, 0.05) is 23.5 Å². The quantitative estimate of drug-likeness (QED) is 0.882. The molecule has 2 heterocycles. The average molecular weight is 343 g/mol. The van der Waals surface area contributed by atoms with Crippen LogP contribution in [-0.4, -0.2) is 45.0 Å². The van der Waals surface area contributed by atoms with E-state index in [1.54, 1.807) is 17.0 Å². The van der Waals surface area contributed by atoms with Gasteiger partial charge in [0.25, 0.3) is 0 Å². The van der Waals surface area contributed by atoms with Crippen molar-refractivity contribution in [1.29, 1.82) is 0 Å². The number of rotatable bonds is 2. The first kappa shape index (κ1) is 15.8. The van der Waals surface area contributed by atoms with Gasteiger partial charge in [0.2, 0.25) is 5.91 Å². The number of carbonyl (C=O) groups excluding carboxylic acids is 1. The fourth-order valence-electron chi connectivity index (χ4n) is 3.42. The molecule has 2 aliphatic rings. The van der Waals surface area contributed by atoms with Gasteiger partial charge in [-0.3, -0.25) is 4.79 Å². The maximum absolute atomic E-state index is 13.1. The molecular weight excluding hydrogens is 324 g/mol. The number of anilines is 1.